The number of likely N-dealkylation sites (tertiary alicyclic amines) is 1. The molecule has 0 saturated carbocycles. The van der Waals surface area contributed by atoms with Gasteiger partial charge in [0.25, 0.3) is 0 Å². The standard InChI is InChI=1S/C14H21N3O3S/c1-2-11-9-21-13(16-11)10-4-3-7-17(8-10)14(20)15-6-5-12(18)19/h9-10H,2-8H2,1H3,(H,15,20)(H,18,19). The zero-order valence-corrected chi connectivity index (χ0v) is 13.0. The molecule has 1 aromatic heterocycles. The van der Waals surface area contributed by atoms with Crippen molar-refractivity contribution in [3.05, 3.63) is 16.1 Å². The monoisotopic (exact) mass is 311 g/mol. The van der Waals surface area contributed by atoms with E-state index in [2.05, 4.69) is 22.6 Å². The Kier molecular flexibility index (Phi) is 5.55. The number of aromatic nitrogens is 1. The molecule has 2 rings (SSSR count). The number of aryl methyl sites for hydroxylation is 1. The minimum absolute atomic E-state index is 0.0463. The molecule has 116 valence electrons. The summed E-state index contributed by atoms with van der Waals surface area (Å²) >= 11 is 1.67. The van der Waals surface area contributed by atoms with Crippen LogP contribution in [0.4, 0.5) is 4.79 Å². The number of carbonyl (C=O) groups is 2. The molecule has 1 atom stereocenters. The summed E-state index contributed by atoms with van der Waals surface area (Å²) < 4.78 is 0. The van der Waals surface area contributed by atoms with Crippen LogP contribution < -0.4 is 5.32 Å². The molecule has 1 unspecified atom stereocenters. The number of thiazole rings is 1. The summed E-state index contributed by atoms with van der Waals surface area (Å²) in [4.78, 5) is 28.9. The highest BCUT2D eigenvalue weighted by molar-refractivity contribution is 7.09. The normalized spacial score (nSPS) is 18.5. The molecule has 1 aliphatic rings. The number of carbonyl (C=O) groups excluding carboxylic acids is 1. The first-order valence-electron chi connectivity index (χ1n) is 7.29. The summed E-state index contributed by atoms with van der Waals surface area (Å²) in [6, 6.07) is -0.173. The second-order valence-electron chi connectivity index (χ2n) is 5.19. The molecule has 2 amide bonds. The van der Waals surface area contributed by atoms with Gasteiger partial charge >= 0.3 is 12.0 Å². The number of rotatable bonds is 5. The van der Waals surface area contributed by atoms with E-state index in [1.165, 1.54) is 0 Å². The van der Waals surface area contributed by atoms with E-state index in [1.54, 1.807) is 16.2 Å². The number of nitrogens with one attached hydrogen (secondary N) is 1. The predicted molar refractivity (Wildman–Crippen MR) is 80.7 cm³/mol. The van der Waals surface area contributed by atoms with Gasteiger partial charge in [-0.05, 0) is 19.3 Å². The molecule has 1 fully saturated rings. The average molecular weight is 311 g/mol. The Morgan fingerprint density at radius 2 is 2.38 bits per heavy atom. The third-order valence-electron chi connectivity index (χ3n) is 3.60. The van der Waals surface area contributed by atoms with Crippen LogP contribution in [-0.2, 0) is 11.2 Å². The number of piperidine rings is 1. The van der Waals surface area contributed by atoms with Crippen molar-refractivity contribution >= 4 is 23.3 Å². The van der Waals surface area contributed by atoms with E-state index in [-0.39, 0.29) is 19.0 Å². The molecule has 6 nitrogen and oxygen atoms in total. The van der Waals surface area contributed by atoms with Gasteiger partial charge in [0.15, 0.2) is 0 Å². The Balaban J connectivity index is 1.87. The lowest BCUT2D eigenvalue weighted by Gasteiger charge is -2.31. The second kappa shape index (κ2) is 7.40. The first kappa shape index (κ1) is 15.8. The SMILES string of the molecule is CCc1csc(C2CCCN(C(=O)NCCC(=O)O)C2)n1. The molecule has 0 aromatic carbocycles. The minimum atomic E-state index is -0.901. The molecule has 0 bridgehead atoms. The second-order valence-corrected chi connectivity index (χ2v) is 6.08. The first-order chi connectivity index (χ1) is 10.1. The zero-order chi connectivity index (χ0) is 15.2. The summed E-state index contributed by atoms with van der Waals surface area (Å²) in [7, 11) is 0. The Labute approximate surface area is 128 Å². The molecule has 1 aromatic rings. The van der Waals surface area contributed by atoms with E-state index >= 15 is 0 Å². The van der Waals surface area contributed by atoms with E-state index < -0.39 is 5.97 Å². The van der Waals surface area contributed by atoms with Gasteiger partial charge in [-0.1, -0.05) is 6.92 Å². The van der Waals surface area contributed by atoms with E-state index in [1.807, 2.05) is 0 Å². The molecular weight excluding hydrogens is 290 g/mol. The topological polar surface area (TPSA) is 82.5 Å². The molecule has 1 aliphatic heterocycles. The Morgan fingerprint density at radius 1 is 1.57 bits per heavy atom. The number of amides is 2. The fraction of sp³-hybridized carbons (Fsp3) is 0.643. The lowest BCUT2D eigenvalue weighted by Crippen LogP contribution is -2.45. The number of urea groups is 1. The van der Waals surface area contributed by atoms with Crippen molar-refractivity contribution in [2.24, 2.45) is 0 Å². The van der Waals surface area contributed by atoms with Gasteiger partial charge in [-0.2, -0.15) is 0 Å². The van der Waals surface area contributed by atoms with E-state index in [9.17, 15) is 9.59 Å². The highest BCUT2D eigenvalue weighted by Crippen LogP contribution is 2.29. The fourth-order valence-corrected chi connectivity index (χ4v) is 3.45. The molecule has 2 heterocycles. The van der Waals surface area contributed by atoms with Gasteiger partial charge in [0.1, 0.15) is 0 Å². The number of carboxylic acids is 1. The van der Waals surface area contributed by atoms with E-state index in [4.69, 9.17) is 5.11 Å². The van der Waals surface area contributed by atoms with Crippen LogP contribution in [0.2, 0.25) is 0 Å². The molecule has 21 heavy (non-hydrogen) atoms. The number of hydrogen-bond donors (Lipinski definition) is 2. The molecule has 0 radical (unpaired) electrons. The van der Waals surface area contributed by atoms with Gasteiger partial charge in [-0.15, -0.1) is 11.3 Å². The summed E-state index contributed by atoms with van der Waals surface area (Å²) in [6.45, 7) is 3.64. The Bertz CT molecular complexity index is 503. The van der Waals surface area contributed by atoms with Crippen molar-refractivity contribution in [1.82, 2.24) is 15.2 Å². The smallest absolute Gasteiger partial charge is 0.317 e. The summed E-state index contributed by atoms with van der Waals surface area (Å²) in [5.74, 6) is -0.601. The van der Waals surface area contributed by atoms with Gasteiger partial charge in [-0.25, -0.2) is 9.78 Å². The summed E-state index contributed by atoms with van der Waals surface area (Å²) in [5.41, 5.74) is 1.11. The Morgan fingerprint density at radius 3 is 3.05 bits per heavy atom. The van der Waals surface area contributed by atoms with Crippen molar-refractivity contribution in [2.75, 3.05) is 19.6 Å². The average Bonchev–Trinajstić information content (AvgIpc) is 2.96. The Hall–Kier alpha value is -1.63. The molecule has 7 heteroatoms. The van der Waals surface area contributed by atoms with Crippen molar-refractivity contribution in [1.29, 1.82) is 0 Å². The van der Waals surface area contributed by atoms with E-state index in [0.717, 1.165) is 36.5 Å². The number of carboxylic acid groups (broad SMARTS) is 1. The third kappa shape index (κ3) is 4.42. The maximum Gasteiger partial charge on any atom is 0.317 e. The van der Waals surface area contributed by atoms with Crippen molar-refractivity contribution in [3.63, 3.8) is 0 Å². The van der Waals surface area contributed by atoms with Crippen LogP contribution in [0.15, 0.2) is 5.38 Å². The van der Waals surface area contributed by atoms with Gasteiger partial charge in [0.2, 0.25) is 0 Å². The zero-order valence-electron chi connectivity index (χ0n) is 12.2. The number of hydrogen-bond acceptors (Lipinski definition) is 4. The van der Waals surface area contributed by atoms with Gasteiger partial charge in [-0.3, -0.25) is 4.79 Å². The molecule has 0 spiro atoms. The van der Waals surface area contributed by atoms with Crippen LogP contribution in [0.5, 0.6) is 0 Å². The largest absolute Gasteiger partial charge is 0.481 e. The van der Waals surface area contributed by atoms with Crippen LogP contribution in [-0.4, -0.2) is 46.6 Å². The maximum absolute atomic E-state index is 12.0. The van der Waals surface area contributed by atoms with Crippen LogP contribution in [0, 0.1) is 0 Å². The van der Waals surface area contributed by atoms with Gasteiger partial charge in [0.05, 0.1) is 17.1 Å². The lowest BCUT2D eigenvalue weighted by atomic mass is 9.99. The first-order valence-corrected chi connectivity index (χ1v) is 8.17. The van der Waals surface area contributed by atoms with Gasteiger partial charge < -0.3 is 15.3 Å². The number of aliphatic carboxylic acids is 1. The van der Waals surface area contributed by atoms with Crippen LogP contribution in [0.3, 0.4) is 0 Å². The highest BCUT2D eigenvalue weighted by atomic mass is 32.1. The summed E-state index contributed by atoms with van der Waals surface area (Å²) in [5, 5.41) is 14.4. The van der Waals surface area contributed by atoms with Crippen molar-refractivity contribution in [3.8, 4) is 0 Å². The van der Waals surface area contributed by atoms with Crippen LogP contribution in [0.1, 0.15) is 42.8 Å². The minimum Gasteiger partial charge on any atom is -0.481 e. The molecular formula is C14H21N3O3S. The molecule has 1 saturated heterocycles. The quantitative estimate of drug-likeness (QED) is 0.872. The van der Waals surface area contributed by atoms with E-state index in [0.29, 0.717) is 12.5 Å². The fourth-order valence-electron chi connectivity index (χ4n) is 2.42. The van der Waals surface area contributed by atoms with Crippen LogP contribution in [0.25, 0.3) is 0 Å². The predicted octanol–water partition coefficient (Wildman–Crippen LogP) is 2.07. The number of nitrogens with zero attached hydrogens (tertiary/aromatic N) is 2. The van der Waals surface area contributed by atoms with Crippen molar-refractivity contribution < 1.29 is 14.7 Å². The molecule has 0 aliphatic carbocycles. The highest BCUT2D eigenvalue weighted by Gasteiger charge is 2.26. The third-order valence-corrected chi connectivity index (χ3v) is 4.66. The maximum atomic E-state index is 12.0. The van der Waals surface area contributed by atoms with Crippen molar-refractivity contribution in [2.45, 2.75) is 38.5 Å². The van der Waals surface area contributed by atoms with Crippen LogP contribution >= 0.6 is 11.3 Å². The molecule has 2 N–H and O–H groups in total. The lowest BCUT2D eigenvalue weighted by molar-refractivity contribution is -0.136. The summed E-state index contributed by atoms with van der Waals surface area (Å²) in [6.07, 6.45) is 2.89. The van der Waals surface area contributed by atoms with Gasteiger partial charge in [0, 0.05) is 30.9 Å².